The van der Waals surface area contributed by atoms with Crippen LogP contribution in [0.1, 0.15) is 18.9 Å². The first-order valence-electron chi connectivity index (χ1n) is 6.41. The topological polar surface area (TPSA) is 74.3 Å². The summed E-state index contributed by atoms with van der Waals surface area (Å²) in [5, 5.41) is 5.50. The van der Waals surface area contributed by atoms with Gasteiger partial charge < -0.3 is 5.32 Å². The van der Waals surface area contributed by atoms with E-state index in [1.54, 1.807) is 6.20 Å². The predicted octanol–water partition coefficient (Wildman–Crippen LogP) is 0.362. The normalized spacial score (nSPS) is 16.3. The van der Waals surface area contributed by atoms with E-state index in [0.717, 1.165) is 24.3 Å². The molecule has 102 valence electrons. The Morgan fingerprint density at radius 3 is 2.79 bits per heavy atom. The molecule has 2 N–H and O–H groups in total. The molecule has 1 fully saturated rings. The Labute approximate surface area is 112 Å². The first-order chi connectivity index (χ1) is 9.17. The van der Waals surface area contributed by atoms with E-state index in [9.17, 15) is 9.59 Å². The number of anilines is 1. The molecule has 1 saturated heterocycles. The smallest absolute Gasteiger partial charge is 0.240 e. The molecule has 0 atom stereocenters. The number of hydrogen-bond donors (Lipinski definition) is 2. The first kappa shape index (κ1) is 13.5. The summed E-state index contributed by atoms with van der Waals surface area (Å²) in [5.41, 5.74) is 1.04. The molecule has 1 aromatic heterocycles. The third-order valence-corrected chi connectivity index (χ3v) is 2.80. The molecular formula is C13H18N4O2. The number of aromatic nitrogens is 1. The molecule has 0 bridgehead atoms. The Morgan fingerprint density at radius 1 is 1.37 bits per heavy atom. The molecule has 2 heterocycles. The Kier molecular flexibility index (Phi) is 4.46. The van der Waals surface area contributed by atoms with Gasteiger partial charge in [0, 0.05) is 19.3 Å². The quantitative estimate of drug-likeness (QED) is 0.750. The van der Waals surface area contributed by atoms with Gasteiger partial charge in [0.25, 0.3) is 0 Å². The van der Waals surface area contributed by atoms with Crippen LogP contribution >= 0.6 is 0 Å². The number of carbonyl (C=O) groups excluding carboxylic acids is 2. The van der Waals surface area contributed by atoms with Crippen molar-refractivity contribution in [2.45, 2.75) is 19.9 Å². The summed E-state index contributed by atoms with van der Waals surface area (Å²) in [5.74, 6) is 0.344. The van der Waals surface area contributed by atoms with Gasteiger partial charge in [-0.2, -0.15) is 0 Å². The van der Waals surface area contributed by atoms with Gasteiger partial charge in [-0.05, 0) is 24.1 Å². The Hall–Kier alpha value is -1.95. The van der Waals surface area contributed by atoms with Gasteiger partial charge in [-0.25, -0.2) is 4.98 Å². The fourth-order valence-corrected chi connectivity index (χ4v) is 1.99. The lowest BCUT2D eigenvalue weighted by molar-refractivity contribution is -0.136. The highest BCUT2D eigenvalue weighted by Gasteiger charge is 2.22. The van der Waals surface area contributed by atoms with Crippen LogP contribution < -0.4 is 10.6 Å². The molecule has 0 radical (unpaired) electrons. The average Bonchev–Trinajstić information content (AvgIpc) is 2.35. The number of piperazine rings is 1. The third kappa shape index (κ3) is 4.03. The molecule has 0 unspecified atom stereocenters. The van der Waals surface area contributed by atoms with Gasteiger partial charge in [-0.15, -0.1) is 0 Å². The van der Waals surface area contributed by atoms with Crippen molar-refractivity contribution < 1.29 is 9.59 Å². The van der Waals surface area contributed by atoms with Crippen molar-refractivity contribution in [1.29, 1.82) is 0 Å². The van der Waals surface area contributed by atoms with Gasteiger partial charge in [-0.3, -0.25) is 19.8 Å². The lowest BCUT2D eigenvalue weighted by Gasteiger charge is -2.25. The second-order valence-corrected chi connectivity index (χ2v) is 4.59. The molecule has 0 spiro atoms. The fraction of sp³-hybridized carbons (Fsp3) is 0.462. The lowest BCUT2D eigenvalue weighted by atomic mass is 10.2. The zero-order valence-electron chi connectivity index (χ0n) is 11.0. The number of nitrogens with zero attached hydrogens (tertiary/aromatic N) is 2. The number of carbonyl (C=O) groups is 2. The van der Waals surface area contributed by atoms with Crippen molar-refractivity contribution in [3.05, 3.63) is 23.9 Å². The van der Waals surface area contributed by atoms with Crippen LogP contribution in [0, 0.1) is 0 Å². The summed E-state index contributed by atoms with van der Waals surface area (Å²) in [6.07, 6.45) is 2.77. The Balaban J connectivity index is 1.98. The number of hydrogen-bond acceptors (Lipinski definition) is 5. The standard InChI is InChI=1S/C13H18N4O2/c1-2-4-14-11-6-10(3-5-15-11)7-17-8-12(18)16-13(19)9-17/h3,5-6H,2,4,7-9H2,1H3,(H,14,15)(H,16,18,19). The van der Waals surface area contributed by atoms with Crippen molar-refractivity contribution in [2.24, 2.45) is 0 Å². The summed E-state index contributed by atoms with van der Waals surface area (Å²) in [6.45, 7) is 4.05. The van der Waals surface area contributed by atoms with Crippen LogP contribution in [0.3, 0.4) is 0 Å². The molecule has 2 amide bonds. The van der Waals surface area contributed by atoms with E-state index in [4.69, 9.17) is 0 Å². The van der Waals surface area contributed by atoms with E-state index >= 15 is 0 Å². The van der Waals surface area contributed by atoms with Crippen molar-refractivity contribution >= 4 is 17.6 Å². The van der Waals surface area contributed by atoms with Gasteiger partial charge in [0.05, 0.1) is 13.1 Å². The van der Waals surface area contributed by atoms with Crippen molar-refractivity contribution in [2.75, 3.05) is 25.0 Å². The highest BCUT2D eigenvalue weighted by atomic mass is 16.2. The molecular weight excluding hydrogens is 244 g/mol. The maximum absolute atomic E-state index is 11.3. The summed E-state index contributed by atoms with van der Waals surface area (Å²) < 4.78 is 0. The monoisotopic (exact) mass is 262 g/mol. The molecule has 1 aromatic rings. The van der Waals surface area contributed by atoms with E-state index in [1.165, 1.54) is 0 Å². The highest BCUT2D eigenvalue weighted by molar-refractivity contribution is 5.99. The van der Waals surface area contributed by atoms with Crippen LogP contribution in [-0.2, 0) is 16.1 Å². The molecule has 6 nitrogen and oxygen atoms in total. The lowest BCUT2D eigenvalue weighted by Crippen LogP contribution is -2.50. The second-order valence-electron chi connectivity index (χ2n) is 4.59. The summed E-state index contributed by atoms with van der Waals surface area (Å²) in [7, 11) is 0. The minimum atomic E-state index is -0.241. The molecule has 6 heteroatoms. The van der Waals surface area contributed by atoms with Crippen LogP contribution in [0.15, 0.2) is 18.3 Å². The summed E-state index contributed by atoms with van der Waals surface area (Å²) in [6, 6.07) is 3.85. The van der Waals surface area contributed by atoms with E-state index in [0.29, 0.717) is 6.54 Å². The summed E-state index contributed by atoms with van der Waals surface area (Å²) >= 11 is 0. The fourth-order valence-electron chi connectivity index (χ4n) is 1.99. The minimum absolute atomic E-state index is 0.241. The zero-order valence-corrected chi connectivity index (χ0v) is 11.0. The van der Waals surface area contributed by atoms with Crippen LogP contribution in [0.2, 0.25) is 0 Å². The van der Waals surface area contributed by atoms with Crippen LogP contribution in [0.4, 0.5) is 5.82 Å². The molecule has 2 rings (SSSR count). The largest absolute Gasteiger partial charge is 0.370 e. The second kappa shape index (κ2) is 6.29. The predicted molar refractivity (Wildman–Crippen MR) is 71.4 cm³/mol. The molecule has 0 saturated carbocycles. The van der Waals surface area contributed by atoms with Crippen molar-refractivity contribution in [1.82, 2.24) is 15.2 Å². The SMILES string of the molecule is CCCNc1cc(CN2CC(=O)NC(=O)C2)ccn1. The van der Waals surface area contributed by atoms with Gasteiger partial charge in [-0.1, -0.05) is 6.92 Å². The molecule has 1 aliphatic heterocycles. The van der Waals surface area contributed by atoms with E-state index in [-0.39, 0.29) is 24.9 Å². The maximum Gasteiger partial charge on any atom is 0.240 e. The van der Waals surface area contributed by atoms with Crippen LogP contribution in [0.25, 0.3) is 0 Å². The van der Waals surface area contributed by atoms with Crippen LogP contribution in [0.5, 0.6) is 0 Å². The van der Waals surface area contributed by atoms with E-state index in [2.05, 4.69) is 22.5 Å². The van der Waals surface area contributed by atoms with Gasteiger partial charge in [0.1, 0.15) is 5.82 Å². The highest BCUT2D eigenvalue weighted by Crippen LogP contribution is 2.10. The zero-order chi connectivity index (χ0) is 13.7. The molecule has 0 aliphatic carbocycles. The first-order valence-corrected chi connectivity index (χ1v) is 6.41. The minimum Gasteiger partial charge on any atom is -0.370 e. The Bertz CT molecular complexity index is 459. The molecule has 19 heavy (non-hydrogen) atoms. The third-order valence-electron chi connectivity index (χ3n) is 2.80. The number of rotatable bonds is 5. The maximum atomic E-state index is 11.3. The number of imide groups is 1. The van der Waals surface area contributed by atoms with Crippen molar-refractivity contribution in [3.8, 4) is 0 Å². The van der Waals surface area contributed by atoms with Gasteiger partial charge in [0.15, 0.2) is 0 Å². The van der Waals surface area contributed by atoms with E-state index in [1.807, 2.05) is 17.0 Å². The summed E-state index contributed by atoms with van der Waals surface area (Å²) in [4.78, 5) is 28.6. The number of amides is 2. The number of pyridine rings is 1. The molecule has 0 aromatic carbocycles. The van der Waals surface area contributed by atoms with Crippen LogP contribution in [-0.4, -0.2) is 41.3 Å². The number of nitrogens with one attached hydrogen (secondary N) is 2. The van der Waals surface area contributed by atoms with Gasteiger partial charge >= 0.3 is 0 Å². The van der Waals surface area contributed by atoms with Crippen molar-refractivity contribution in [3.63, 3.8) is 0 Å². The molecule has 1 aliphatic rings. The average molecular weight is 262 g/mol. The van der Waals surface area contributed by atoms with Gasteiger partial charge in [0.2, 0.25) is 11.8 Å². The Morgan fingerprint density at radius 2 is 2.11 bits per heavy atom. The van der Waals surface area contributed by atoms with E-state index < -0.39 is 0 Å².